The third-order valence-electron chi connectivity index (χ3n) is 8.13. The molecule has 0 amide bonds. The highest BCUT2D eigenvalue weighted by molar-refractivity contribution is 5.79. The minimum absolute atomic E-state index is 0.276. The highest BCUT2D eigenvalue weighted by Gasteiger charge is 2.23. The Bertz CT molecular complexity index is 1820. The number of imidazole rings is 1. The molecule has 6 aromatic rings. The van der Waals surface area contributed by atoms with Crippen LogP contribution in [0.25, 0.3) is 33.5 Å². The zero-order valence-electron chi connectivity index (χ0n) is 24.5. The number of hydrogen-bond acceptors (Lipinski definition) is 4. The molecule has 0 fully saturated rings. The van der Waals surface area contributed by atoms with Gasteiger partial charge in [0.15, 0.2) is 11.5 Å². The highest BCUT2D eigenvalue weighted by Crippen LogP contribution is 2.35. The second-order valence-corrected chi connectivity index (χ2v) is 11.2. The molecule has 0 saturated heterocycles. The lowest BCUT2D eigenvalue weighted by Crippen LogP contribution is -2.24. The number of nitrogens with zero attached hydrogens (tertiary/aromatic N) is 3. The van der Waals surface area contributed by atoms with E-state index in [0.717, 1.165) is 78.7 Å². The van der Waals surface area contributed by atoms with E-state index in [2.05, 4.69) is 118 Å². The van der Waals surface area contributed by atoms with E-state index >= 15 is 0 Å². The fourth-order valence-corrected chi connectivity index (χ4v) is 5.97. The Morgan fingerprint density at radius 2 is 1.49 bits per heavy atom. The van der Waals surface area contributed by atoms with E-state index in [1.165, 1.54) is 22.2 Å². The minimum atomic E-state index is 0.276. The lowest BCUT2D eigenvalue weighted by Gasteiger charge is -2.25. The highest BCUT2D eigenvalue weighted by atomic mass is 16.7. The van der Waals surface area contributed by atoms with Crippen LogP contribution < -0.4 is 9.47 Å². The lowest BCUT2D eigenvalue weighted by molar-refractivity contribution is 0.174. The first-order chi connectivity index (χ1) is 21.2. The van der Waals surface area contributed by atoms with Crippen LogP contribution in [0.4, 0.5) is 0 Å². The molecule has 2 aromatic heterocycles. The maximum atomic E-state index is 5.73. The number of aromatic amines is 1. The van der Waals surface area contributed by atoms with Gasteiger partial charge in [0.1, 0.15) is 5.82 Å². The third-order valence-corrected chi connectivity index (χ3v) is 8.13. The van der Waals surface area contributed by atoms with Crippen LogP contribution in [0.2, 0.25) is 0 Å². The molecule has 4 aromatic carbocycles. The number of H-pyrrole nitrogens is 1. The summed E-state index contributed by atoms with van der Waals surface area (Å²) in [5.41, 5.74) is 8.19. The van der Waals surface area contributed by atoms with Gasteiger partial charge < -0.3 is 19.0 Å². The van der Waals surface area contributed by atoms with Gasteiger partial charge in [-0.25, -0.2) is 4.98 Å². The fraction of sp³-hybridized carbons (Fsp3) is 0.216. The first kappa shape index (κ1) is 27.0. The molecule has 0 spiro atoms. The van der Waals surface area contributed by atoms with E-state index < -0.39 is 0 Å². The molecule has 0 unspecified atom stereocenters. The molecule has 0 atom stereocenters. The smallest absolute Gasteiger partial charge is 0.231 e. The Morgan fingerprint density at radius 1 is 0.767 bits per heavy atom. The van der Waals surface area contributed by atoms with Crippen LogP contribution in [0.1, 0.15) is 36.6 Å². The molecule has 216 valence electrons. The van der Waals surface area contributed by atoms with Gasteiger partial charge in [0.2, 0.25) is 6.79 Å². The van der Waals surface area contributed by atoms with Gasteiger partial charge in [-0.15, -0.1) is 0 Å². The largest absolute Gasteiger partial charge is 0.454 e. The predicted molar refractivity (Wildman–Crippen MR) is 172 cm³/mol. The molecule has 7 rings (SSSR count). The standard InChI is InChI=1S/C37H36N4O2/c1-2-3-20-41-33(36(29-10-6-4-7-11-29)39-37(41)30-12-8-5-9-13-30)25-40(23-27-14-16-32-31(21-27)18-19-38-32)24-28-15-17-34-35(22-28)43-26-42-34/h4-19,21-22,38H,2-3,20,23-26H2,1H3. The average Bonchev–Trinajstić information content (AvgIpc) is 3.79. The summed E-state index contributed by atoms with van der Waals surface area (Å²) in [6.07, 6.45) is 4.20. The number of hydrogen-bond donors (Lipinski definition) is 1. The predicted octanol–water partition coefficient (Wildman–Crippen LogP) is 8.43. The lowest BCUT2D eigenvalue weighted by atomic mass is 10.1. The second-order valence-electron chi connectivity index (χ2n) is 11.2. The van der Waals surface area contributed by atoms with Crippen LogP contribution in [0.5, 0.6) is 11.5 Å². The van der Waals surface area contributed by atoms with E-state index in [1.54, 1.807) is 0 Å². The van der Waals surface area contributed by atoms with E-state index in [-0.39, 0.29) is 6.79 Å². The van der Waals surface area contributed by atoms with Crippen molar-refractivity contribution in [1.82, 2.24) is 19.4 Å². The average molecular weight is 569 g/mol. The zero-order chi connectivity index (χ0) is 29.0. The third kappa shape index (κ3) is 5.79. The molecular weight excluding hydrogens is 532 g/mol. The Labute approximate surface area is 252 Å². The van der Waals surface area contributed by atoms with Crippen LogP contribution in [0, 0.1) is 0 Å². The number of unbranched alkanes of at least 4 members (excludes halogenated alkanes) is 1. The Hall–Kier alpha value is -4.81. The Balaban J connectivity index is 1.32. The van der Waals surface area contributed by atoms with Crippen LogP contribution >= 0.6 is 0 Å². The molecule has 3 heterocycles. The van der Waals surface area contributed by atoms with Gasteiger partial charge in [-0.1, -0.05) is 86.1 Å². The second kappa shape index (κ2) is 12.2. The normalized spacial score (nSPS) is 12.4. The Kier molecular flexibility index (Phi) is 7.67. The van der Waals surface area contributed by atoms with Crippen molar-refractivity contribution in [3.63, 3.8) is 0 Å². The molecule has 1 aliphatic rings. The molecule has 0 aliphatic carbocycles. The monoisotopic (exact) mass is 568 g/mol. The molecule has 43 heavy (non-hydrogen) atoms. The molecule has 1 N–H and O–H groups in total. The van der Waals surface area contributed by atoms with Crippen LogP contribution in [-0.2, 0) is 26.2 Å². The zero-order valence-corrected chi connectivity index (χ0v) is 24.5. The summed E-state index contributed by atoms with van der Waals surface area (Å²) in [6.45, 7) is 5.74. The van der Waals surface area contributed by atoms with Crippen molar-refractivity contribution in [3.8, 4) is 34.1 Å². The maximum Gasteiger partial charge on any atom is 0.231 e. The number of fused-ring (bicyclic) bond motifs is 2. The number of ether oxygens (including phenoxy) is 2. The van der Waals surface area contributed by atoms with Crippen molar-refractivity contribution in [2.45, 2.75) is 45.9 Å². The van der Waals surface area contributed by atoms with E-state index in [4.69, 9.17) is 14.5 Å². The molecule has 6 heteroatoms. The minimum Gasteiger partial charge on any atom is -0.454 e. The van der Waals surface area contributed by atoms with Crippen LogP contribution in [0.3, 0.4) is 0 Å². The fourth-order valence-electron chi connectivity index (χ4n) is 5.97. The summed E-state index contributed by atoms with van der Waals surface area (Å²) in [4.78, 5) is 11.2. The summed E-state index contributed by atoms with van der Waals surface area (Å²) in [5, 5.41) is 1.23. The van der Waals surface area contributed by atoms with Gasteiger partial charge in [0.25, 0.3) is 0 Å². The summed E-state index contributed by atoms with van der Waals surface area (Å²) in [5.74, 6) is 2.65. The molecule has 0 bridgehead atoms. The SMILES string of the molecule is CCCCn1c(-c2ccccc2)nc(-c2ccccc2)c1CN(Cc1ccc2c(c1)OCO2)Cc1ccc2[nH]ccc2c1. The molecular formula is C37H36N4O2. The molecule has 1 aliphatic heterocycles. The maximum absolute atomic E-state index is 5.73. The quantitative estimate of drug-likeness (QED) is 0.170. The van der Waals surface area contributed by atoms with Crippen LogP contribution in [-0.4, -0.2) is 26.2 Å². The van der Waals surface area contributed by atoms with E-state index in [1.807, 2.05) is 12.3 Å². The number of nitrogens with one attached hydrogen (secondary N) is 1. The van der Waals surface area contributed by atoms with Crippen molar-refractivity contribution < 1.29 is 9.47 Å². The number of aromatic nitrogens is 3. The van der Waals surface area contributed by atoms with Crippen molar-refractivity contribution in [2.75, 3.05) is 6.79 Å². The van der Waals surface area contributed by atoms with Gasteiger partial charge in [-0.3, -0.25) is 4.90 Å². The molecule has 0 radical (unpaired) electrons. The first-order valence-corrected chi connectivity index (χ1v) is 15.1. The van der Waals surface area contributed by atoms with Gasteiger partial charge in [-0.05, 0) is 53.3 Å². The first-order valence-electron chi connectivity index (χ1n) is 15.1. The Morgan fingerprint density at radius 3 is 2.28 bits per heavy atom. The van der Waals surface area contributed by atoms with Gasteiger partial charge in [0, 0.05) is 49.0 Å². The van der Waals surface area contributed by atoms with Crippen molar-refractivity contribution in [3.05, 3.63) is 126 Å². The topological polar surface area (TPSA) is 55.3 Å². The summed E-state index contributed by atoms with van der Waals surface area (Å²) >= 11 is 0. The van der Waals surface area contributed by atoms with E-state index in [9.17, 15) is 0 Å². The summed E-state index contributed by atoms with van der Waals surface area (Å²) in [7, 11) is 0. The molecule has 6 nitrogen and oxygen atoms in total. The van der Waals surface area contributed by atoms with Crippen molar-refractivity contribution in [1.29, 1.82) is 0 Å². The summed E-state index contributed by atoms with van der Waals surface area (Å²) < 4.78 is 13.8. The molecule has 0 saturated carbocycles. The number of benzene rings is 4. The number of rotatable bonds is 11. The van der Waals surface area contributed by atoms with Gasteiger partial charge in [0.05, 0.1) is 11.4 Å². The van der Waals surface area contributed by atoms with Crippen molar-refractivity contribution in [2.24, 2.45) is 0 Å². The van der Waals surface area contributed by atoms with Crippen LogP contribution in [0.15, 0.2) is 109 Å². The van der Waals surface area contributed by atoms with Crippen molar-refractivity contribution >= 4 is 10.9 Å². The van der Waals surface area contributed by atoms with E-state index in [0.29, 0.717) is 0 Å². The van der Waals surface area contributed by atoms with Gasteiger partial charge in [-0.2, -0.15) is 0 Å². The van der Waals surface area contributed by atoms with Gasteiger partial charge >= 0.3 is 0 Å². The summed E-state index contributed by atoms with van der Waals surface area (Å²) in [6, 6.07) is 36.3.